The number of rotatable bonds is 9. The number of benzene rings is 2. The minimum absolute atomic E-state index is 0. The highest BCUT2D eigenvalue weighted by molar-refractivity contribution is 7.22. The van der Waals surface area contributed by atoms with Crippen LogP contribution in [-0.4, -0.2) is 80.5 Å². The van der Waals surface area contributed by atoms with Crippen molar-refractivity contribution in [1.82, 2.24) is 14.8 Å². The molecule has 2 aromatic carbocycles. The predicted molar refractivity (Wildman–Crippen MR) is 137 cm³/mol. The van der Waals surface area contributed by atoms with Crippen LogP contribution in [-0.2, 0) is 4.79 Å². The van der Waals surface area contributed by atoms with E-state index < -0.39 is 11.8 Å². The lowest BCUT2D eigenvalue weighted by Gasteiger charge is -2.23. The fraction of sp³-hybridized carbons (Fsp3) is 0.333. The Morgan fingerprint density at radius 3 is 2.14 bits per heavy atom. The summed E-state index contributed by atoms with van der Waals surface area (Å²) in [5, 5.41) is 0.457. The molecule has 0 saturated carbocycles. The predicted octanol–water partition coefficient (Wildman–Crippen LogP) is 3.32. The Morgan fingerprint density at radius 2 is 1.57 bits per heavy atom. The van der Waals surface area contributed by atoms with Gasteiger partial charge in [0.2, 0.25) is 5.91 Å². The van der Waals surface area contributed by atoms with Crippen molar-refractivity contribution in [3.05, 3.63) is 47.5 Å². The normalized spacial score (nSPS) is 12.7. The summed E-state index contributed by atoms with van der Waals surface area (Å²) in [6.45, 7) is 0.775. The molecule has 9 nitrogen and oxygen atoms in total. The molecule has 0 bridgehead atoms. The minimum atomic E-state index is -0.463. The maximum atomic E-state index is 13.5. The molecule has 0 unspecified atom stereocenters. The van der Waals surface area contributed by atoms with Gasteiger partial charge in [-0.05, 0) is 51.3 Å². The van der Waals surface area contributed by atoms with Gasteiger partial charge in [-0.15, -0.1) is 12.4 Å². The highest BCUT2D eigenvalue weighted by Crippen LogP contribution is 2.40. The average molecular weight is 519 g/mol. The van der Waals surface area contributed by atoms with Gasteiger partial charge in [0.15, 0.2) is 5.13 Å². The van der Waals surface area contributed by atoms with Gasteiger partial charge in [-0.3, -0.25) is 24.2 Å². The SMILES string of the molecule is COc1ccc(OC)c2sc(N(CCCN(C)C)C(=O)CN3C(=O)c4ccccc4C3=O)nc12.Cl. The van der Waals surface area contributed by atoms with Crippen molar-refractivity contribution >= 4 is 56.8 Å². The molecule has 1 aromatic heterocycles. The number of hydrogen-bond donors (Lipinski definition) is 0. The zero-order valence-corrected chi connectivity index (χ0v) is 21.6. The van der Waals surface area contributed by atoms with Crippen molar-refractivity contribution in [2.45, 2.75) is 6.42 Å². The summed E-state index contributed by atoms with van der Waals surface area (Å²) >= 11 is 1.31. The first-order valence-electron chi connectivity index (χ1n) is 10.8. The number of hydrogen-bond acceptors (Lipinski definition) is 8. The first-order valence-corrected chi connectivity index (χ1v) is 11.6. The minimum Gasteiger partial charge on any atom is -0.495 e. The average Bonchev–Trinajstić information content (AvgIpc) is 3.37. The van der Waals surface area contributed by atoms with Gasteiger partial charge in [-0.25, -0.2) is 4.98 Å². The Kier molecular flexibility index (Phi) is 8.31. The molecule has 186 valence electrons. The van der Waals surface area contributed by atoms with Crippen molar-refractivity contribution in [3.63, 3.8) is 0 Å². The Labute approximate surface area is 213 Å². The van der Waals surface area contributed by atoms with E-state index in [0.717, 1.165) is 16.1 Å². The second kappa shape index (κ2) is 11.0. The van der Waals surface area contributed by atoms with Crippen LogP contribution < -0.4 is 14.4 Å². The molecule has 0 atom stereocenters. The molecule has 11 heteroatoms. The number of methoxy groups -OCH3 is 2. The molecule has 2 heterocycles. The van der Waals surface area contributed by atoms with Gasteiger partial charge in [0.05, 0.1) is 25.3 Å². The number of ether oxygens (including phenoxy) is 2. The number of nitrogens with zero attached hydrogens (tertiary/aromatic N) is 4. The maximum Gasteiger partial charge on any atom is 0.262 e. The van der Waals surface area contributed by atoms with Gasteiger partial charge in [-0.1, -0.05) is 23.5 Å². The molecular weight excluding hydrogens is 492 g/mol. The van der Waals surface area contributed by atoms with Gasteiger partial charge < -0.3 is 14.4 Å². The van der Waals surface area contributed by atoms with Crippen molar-refractivity contribution in [1.29, 1.82) is 0 Å². The van der Waals surface area contributed by atoms with Crippen molar-refractivity contribution in [2.24, 2.45) is 0 Å². The number of carbonyl (C=O) groups excluding carboxylic acids is 3. The number of halogens is 1. The molecule has 1 aliphatic rings. The van der Waals surface area contributed by atoms with Crippen molar-refractivity contribution < 1.29 is 23.9 Å². The largest absolute Gasteiger partial charge is 0.495 e. The monoisotopic (exact) mass is 518 g/mol. The number of anilines is 1. The third-order valence-electron chi connectivity index (χ3n) is 5.59. The molecule has 4 rings (SSSR count). The van der Waals surface area contributed by atoms with E-state index in [1.54, 1.807) is 50.6 Å². The van der Waals surface area contributed by atoms with Crippen molar-refractivity contribution in [3.8, 4) is 11.5 Å². The van der Waals surface area contributed by atoms with Gasteiger partial charge in [0.1, 0.15) is 28.3 Å². The van der Waals surface area contributed by atoms with Crippen LogP contribution in [0.2, 0.25) is 0 Å². The Morgan fingerprint density at radius 1 is 0.971 bits per heavy atom. The van der Waals surface area contributed by atoms with Crippen LogP contribution in [0, 0.1) is 0 Å². The highest BCUT2D eigenvalue weighted by Gasteiger charge is 2.37. The first-order chi connectivity index (χ1) is 16.3. The smallest absolute Gasteiger partial charge is 0.262 e. The Balaban J connectivity index is 0.00000342. The fourth-order valence-electron chi connectivity index (χ4n) is 3.87. The quantitative estimate of drug-likeness (QED) is 0.401. The van der Waals surface area contributed by atoms with Crippen LogP contribution in [0.5, 0.6) is 11.5 Å². The number of amides is 3. The van der Waals surface area contributed by atoms with Crippen LogP contribution in [0.4, 0.5) is 5.13 Å². The molecule has 3 aromatic rings. The van der Waals surface area contributed by atoms with Crippen LogP contribution in [0.25, 0.3) is 10.2 Å². The van der Waals surface area contributed by atoms with Crippen LogP contribution in [0.3, 0.4) is 0 Å². The molecule has 0 saturated heterocycles. The van der Waals surface area contributed by atoms with E-state index in [2.05, 4.69) is 4.98 Å². The molecule has 0 fully saturated rings. The van der Waals surface area contributed by atoms with Gasteiger partial charge in [0, 0.05) is 6.54 Å². The van der Waals surface area contributed by atoms with Crippen LogP contribution in [0.15, 0.2) is 36.4 Å². The summed E-state index contributed by atoms with van der Waals surface area (Å²) in [6.07, 6.45) is 0.686. The van der Waals surface area contributed by atoms with E-state index in [0.29, 0.717) is 46.2 Å². The zero-order valence-electron chi connectivity index (χ0n) is 19.9. The lowest BCUT2D eigenvalue weighted by molar-refractivity contribution is -0.119. The van der Waals surface area contributed by atoms with E-state index in [-0.39, 0.29) is 24.9 Å². The Bertz CT molecular complexity index is 1190. The Hall–Kier alpha value is -3.21. The third kappa shape index (κ3) is 5.09. The summed E-state index contributed by atoms with van der Waals surface area (Å²) in [5.74, 6) is -0.116. The summed E-state index contributed by atoms with van der Waals surface area (Å²) < 4.78 is 11.7. The number of thiazole rings is 1. The summed E-state index contributed by atoms with van der Waals surface area (Å²) in [6, 6.07) is 10.2. The van der Waals surface area contributed by atoms with Gasteiger partial charge in [0.25, 0.3) is 11.8 Å². The van der Waals surface area contributed by atoms with Gasteiger partial charge >= 0.3 is 0 Å². The first kappa shape index (κ1) is 26.4. The molecule has 0 aliphatic carbocycles. The highest BCUT2D eigenvalue weighted by atomic mass is 35.5. The maximum absolute atomic E-state index is 13.5. The number of carbonyl (C=O) groups is 3. The number of imide groups is 1. The van der Waals surface area contributed by atoms with Gasteiger partial charge in [-0.2, -0.15) is 0 Å². The number of fused-ring (bicyclic) bond motifs is 2. The molecule has 3 amide bonds. The molecule has 0 radical (unpaired) electrons. The standard InChI is InChI=1S/C24H26N4O5S.ClH/c1-26(2)12-7-13-27(24-25-20-17(32-3)10-11-18(33-4)21(20)34-24)19(29)14-28-22(30)15-8-5-6-9-16(15)23(28)31;/h5-6,8-11H,7,12-14H2,1-4H3;1H. The second-order valence-electron chi connectivity index (χ2n) is 8.09. The molecule has 1 aliphatic heterocycles. The summed E-state index contributed by atoms with van der Waals surface area (Å²) in [5.41, 5.74) is 1.22. The lowest BCUT2D eigenvalue weighted by Crippen LogP contribution is -2.43. The second-order valence-corrected chi connectivity index (χ2v) is 9.07. The summed E-state index contributed by atoms with van der Waals surface area (Å²) in [4.78, 5) is 48.3. The lowest BCUT2D eigenvalue weighted by atomic mass is 10.1. The van der Waals surface area contributed by atoms with E-state index >= 15 is 0 Å². The van der Waals surface area contributed by atoms with Crippen LogP contribution >= 0.6 is 23.7 Å². The topological polar surface area (TPSA) is 92.3 Å². The molecule has 35 heavy (non-hydrogen) atoms. The van der Waals surface area contributed by atoms with E-state index in [1.165, 1.54) is 16.2 Å². The third-order valence-corrected chi connectivity index (χ3v) is 6.68. The number of aromatic nitrogens is 1. The van der Waals surface area contributed by atoms with E-state index in [9.17, 15) is 14.4 Å². The van der Waals surface area contributed by atoms with Crippen LogP contribution in [0.1, 0.15) is 27.1 Å². The van der Waals surface area contributed by atoms with E-state index in [4.69, 9.17) is 9.47 Å². The van der Waals surface area contributed by atoms with E-state index in [1.807, 2.05) is 19.0 Å². The van der Waals surface area contributed by atoms with Crippen molar-refractivity contribution in [2.75, 3.05) is 52.8 Å². The fourth-order valence-corrected chi connectivity index (χ4v) is 4.98. The molecule has 0 N–H and O–H groups in total. The summed E-state index contributed by atoms with van der Waals surface area (Å²) in [7, 11) is 7.04. The molecule has 0 spiro atoms. The molecular formula is C24H27ClN4O5S. The zero-order chi connectivity index (χ0) is 24.4.